The summed E-state index contributed by atoms with van der Waals surface area (Å²) in [6.07, 6.45) is 1.15. The molecular formula is C13H20ClN3. The van der Waals surface area contributed by atoms with Crippen LogP contribution in [0.1, 0.15) is 13.3 Å². The average Bonchev–Trinajstić information content (AvgIpc) is 2.25. The van der Waals surface area contributed by atoms with E-state index in [2.05, 4.69) is 24.2 Å². The fourth-order valence-corrected chi connectivity index (χ4v) is 2.61. The second kappa shape index (κ2) is 5.15. The highest BCUT2D eigenvalue weighted by Crippen LogP contribution is 2.26. The second-order valence-corrected chi connectivity index (χ2v) is 5.45. The number of anilines is 2. The van der Waals surface area contributed by atoms with E-state index < -0.39 is 0 Å². The molecule has 3 nitrogen and oxygen atoms in total. The molecular weight excluding hydrogens is 234 g/mol. The van der Waals surface area contributed by atoms with Crippen LogP contribution in [-0.4, -0.2) is 31.1 Å². The Morgan fingerprint density at radius 1 is 1.47 bits per heavy atom. The van der Waals surface area contributed by atoms with Crippen LogP contribution in [-0.2, 0) is 0 Å². The van der Waals surface area contributed by atoms with E-state index in [4.69, 9.17) is 17.3 Å². The van der Waals surface area contributed by atoms with Gasteiger partial charge in [-0.3, -0.25) is 0 Å². The fraction of sp³-hybridized carbons (Fsp3) is 0.538. The van der Waals surface area contributed by atoms with Gasteiger partial charge in [0.15, 0.2) is 0 Å². The highest BCUT2D eigenvalue weighted by atomic mass is 35.5. The van der Waals surface area contributed by atoms with Crippen molar-refractivity contribution >= 4 is 23.0 Å². The number of piperidine rings is 1. The Morgan fingerprint density at radius 2 is 2.24 bits per heavy atom. The predicted molar refractivity (Wildman–Crippen MR) is 74.6 cm³/mol. The summed E-state index contributed by atoms with van der Waals surface area (Å²) < 4.78 is 0. The van der Waals surface area contributed by atoms with Gasteiger partial charge < -0.3 is 16.0 Å². The summed E-state index contributed by atoms with van der Waals surface area (Å²) in [6.45, 7) is 4.54. The molecule has 94 valence electrons. The monoisotopic (exact) mass is 253 g/mol. The van der Waals surface area contributed by atoms with Gasteiger partial charge in [0.2, 0.25) is 0 Å². The van der Waals surface area contributed by atoms with Crippen LogP contribution >= 0.6 is 11.6 Å². The normalized spacial score (nSPS) is 25.8. The smallest absolute Gasteiger partial charge is 0.0577 e. The summed E-state index contributed by atoms with van der Waals surface area (Å²) in [6, 6.07) is 6.13. The maximum absolute atomic E-state index is 5.95. The molecule has 0 aliphatic carbocycles. The fourth-order valence-electron chi connectivity index (χ4n) is 2.43. The highest BCUT2D eigenvalue weighted by Gasteiger charge is 2.24. The van der Waals surface area contributed by atoms with Gasteiger partial charge in [-0.1, -0.05) is 18.5 Å². The summed E-state index contributed by atoms with van der Waals surface area (Å²) in [5, 5.41) is 4.22. The number of hydrogen-bond acceptors (Lipinski definition) is 3. The molecule has 0 radical (unpaired) electrons. The van der Waals surface area contributed by atoms with Crippen molar-refractivity contribution in [3.63, 3.8) is 0 Å². The average molecular weight is 254 g/mol. The molecule has 3 N–H and O–H groups in total. The van der Waals surface area contributed by atoms with E-state index in [-0.39, 0.29) is 0 Å². The summed E-state index contributed by atoms with van der Waals surface area (Å²) >= 11 is 5.89. The van der Waals surface area contributed by atoms with Crippen LogP contribution in [0.15, 0.2) is 18.2 Å². The molecule has 0 bridgehead atoms. The molecule has 4 heteroatoms. The Labute approximate surface area is 108 Å². The maximum Gasteiger partial charge on any atom is 0.0577 e. The molecule has 0 amide bonds. The number of nitrogen functional groups attached to an aromatic ring is 1. The van der Waals surface area contributed by atoms with E-state index in [1.165, 1.54) is 0 Å². The number of nitrogens with zero attached hydrogens (tertiary/aromatic N) is 1. The minimum Gasteiger partial charge on any atom is -0.397 e. The highest BCUT2D eigenvalue weighted by molar-refractivity contribution is 6.31. The first-order valence-corrected chi connectivity index (χ1v) is 6.44. The first-order valence-electron chi connectivity index (χ1n) is 6.06. The van der Waals surface area contributed by atoms with Gasteiger partial charge in [-0.2, -0.15) is 0 Å². The second-order valence-electron chi connectivity index (χ2n) is 5.01. The predicted octanol–water partition coefficient (Wildman–Crippen LogP) is 2.67. The Hall–Kier alpha value is -0.930. The van der Waals surface area contributed by atoms with E-state index >= 15 is 0 Å². The van der Waals surface area contributed by atoms with Gasteiger partial charge in [0.25, 0.3) is 0 Å². The molecule has 2 rings (SSSR count). The van der Waals surface area contributed by atoms with E-state index in [1.54, 1.807) is 6.07 Å². The zero-order valence-electron chi connectivity index (χ0n) is 10.4. The van der Waals surface area contributed by atoms with Gasteiger partial charge in [-0.05, 0) is 44.1 Å². The van der Waals surface area contributed by atoms with E-state index in [9.17, 15) is 0 Å². The molecule has 1 aliphatic rings. The molecule has 1 aliphatic heterocycles. The number of halogens is 1. The minimum atomic E-state index is 0.495. The van der Waals surface area contributed by atoms with Crippen LogP contribution in [0.3, 0.4) is 0 Å². The maximum atomic E-state index is 5.95. The third-order valence-electron chi connectivity index (χ3n) is 3.46. The number of nitrogens with two attached hydrogens (primary N) is 1. The van der Waals surface area contributed by atoms with Crippen LogP contribution in [0.4, 0.5) is 11.4 Å². The molecule has 1 aromatic rings. The first-order chi connectivity index (χ1) is 8.06. The van der Waals surface area contributed by atoms with Gasteiger partial charge in [-0.15, -0.1) is 0 Å². The number of nitrogens with one attached hydrogen (secondary N) is 1. The van der Waals surface area contributed by atoms with Gasteiger partial charge in [0.05, 0.1) is 11.4 Å². The molecule has 2 atom stereocenters. The van der Waals surface area contributed by atoms with E-state index in [0.717, 1.165) is 30.9 Å². The lowest BCUT2D eigenvalue weighted by Crippen LogP contribution is -2.43. The summed E-state index contributed by atoms with van der Waals surface area (Å²) in [4.78, 5) is 2.37. The SMILES string of the molecule is CC1CN(C)CCC1Nc1ccc(Cl)cc1N. The summed E-state index contributed by atoms with van der Waals surface area (Å²) in [7, 11) is 2.17. The molecule has 0 saturated carbocycles. The van der Waals surface area contributed by atoms with Crippen molar-refractivity contribution in [2.75, 3.05) is 31.2 Å². The first kappa shape index (κ1) is 12.5. The quantitative estimate of drug-likeness (QED) is 0.797. The van der Waals surface area contributed by atoms with Crippen LogP contribution in [0.5, 0.6) is 0 Å². The number of rotatable bonds is 2. The van der Waals surface area contributed by atoms with Crippen molar-refractivity contribution in [2.24, 2.45) is 5.92 Å². The molecule has 1 aromatic carbocycles. The van der Waals surface area contributed by atoms with E-state index in [1.807, 2.05) is 12.1 Å². The molecule has 0 aromatic heterocycles. The lowest BCUT2D eigenvalue weighted by molar-refractivity contribution is 0.206. The Kier molecular flexibility index (Phi) is 3.79. The van der Waals surface area contributed by atoms with Crippen molar-refractivity contribution in [1.29, 1.82) is 0 Å². The lowest BCUT2D eigenvalue weighted by atomic mass is 9.94. The Balaban J connectivity index is 2.05. The minimum absolute atomic E-state index is 0.495. The van der Waals surface area contributed by atoms with Crippen molar-refractivity contribution in [3.05, 3.63) is 23.2 Å². The standard InChI is InChI=1S/C13H20ClN3/c1-9-8-17(2)6-5-12(9)16-13-4-3-10(14)7-11(13)15/h3-4,7,9,12,16H,5-6,8,15H2,1-2H3. The van der Waals surface area contributed by atoms with E-state index in [0.29, 0.717) is 17.0 Å². The molecule has 0 spiro atoms. The van der Waals surface area contributed by atoms with Crippen molar-refractivity contribution in [1.82, 2.24) is 4.90 Å². The molecule has 17 heavy (non-hydrogen) atoms. The number of hydrogen-bond donors (Lipinski definition) is 2. The largest absolute Gasteiger partial charge is 0.397 e. The molecule has 1 fully saturated rings. The Morgan fingerprint density at radius 3 is 2.88 bits per heavy atom. The zero-order chi connectivity index (χ0) is 12.4. The summed E-state index contributed by atoms with van der Waals surface area (Å²) in [5.41, 5.74) is 7.68. The number of likely N-dealkylation sites (tertiary alicyclic amines) is 1. The molecule has 1 heterocycles. The summed E-state index contributed by atoms with van der Waals surface area (Å²) in [5.74, 6) is 0.629. The lowest BCUT2D eigenvalue weighted by Gasteiger charge is -2.36. The van der Waals surface area contributed by atoms with Gasteiger partial charge >= 0.3 is 0 Å². The van der Waals surface area contributed by atoms with Gasteiger partial charge in [0, 0.05) is 17.6 Å². The van der Waals surface area contributed by atoms with Crippen molar-refractivity contribution in [3.8, 4) is 0 Å². The van der Waals surface area contributed by atoms with Crippen molar-refractivity contribution in [2.45, 2.75) is 19.4 Å². The Bertz CT molecular complexity index is 394. The molecule has 2 unspecified atom stereocenters. The van der Waals surface area contributed by atoms with Crippen molar-refractivity contribution < 1.29 is 0 Å². The topological polar surface area (TPSA) is 41.3 Å². The van der Waals surface area contributed by atoms with Crippen LogP contribution in [0.25, 0.3) is 0 Å². The van der Waals surface area contributed by atoms with Crippen LogP contribution in [0, 0.1) is 5.92 Å². The zero-order valence-corrected chi connectivity index (χ0v) is 11.2. The van der Waals surface area contributed by atoms with Gasteiger partial charge in [-0.25, -0.2) is 0 Å². The third-order valence-corrected chi connectivity index (χ3v) is 3.70. The van der Waals surface area contributed by atoms with Crippen LogP contribution in [0.2, 0.25) is 5.02 Å². The number of benzene rings is 1. The van der Waals surface area contributed by atoms with Gasteiger partial charge in [0.1, 0.15) is 0 Å². The van der Waals surface area contributed by atoms with Crippen LogP contribution < -0.4 is 11.1 Å². The third kappa shape index (κ3) is 3.05. The molecule has 1 saturated heterocycles.